The van der Waals surface area contributed by atoms with E-state index < -0.39 is 0 Å². The molecule has 2 nitrogen and oxygen atoms in total. The van der Waals surface area contributed by atoms with Crippen LogP contribution in [-0.2, 0) is 0 Å². The minimum atomic E-state index is -0.123. The Kier molecular flexibility index (Phi) is 4.20. The molecule has 1 heterocycles. The zero-order chi connectivity index (χ0) is 9.84. The first-order valence-corrected chi connectivity index (χ1v) is 5.50. The largest absolute Gasteiger partial charge is 0.393 e. The van der Waals surface area contributed by atoms with Crippen LogP contribution in [0.15, 0.2) is 0 Å². The summed E-state index contributed by atoms with van der Waals surface area (Å²) < 4.78 is 0. The number of rotatable bonds is 5. The van der Waals surface area contributed by atoms with Gasteiger partial charge in [0.25, 0.3) is 0 Å². The fraction of sp³-hybridized carbons (Fsp3) is 1.00. The minimum absolute atomic E-state index is 0.123. The summed E-state index contributed by atoms with van der Waals surface area (Å²) in [5, 5.41) is 9.08. The van der Waals surface area contributed by atoms with Crippen LogP contribution in [0.25, 0.3) is 0 Å². The Morgan fingerprint density at radius 2 is 1.92 bits per heavy atom. The van der Waals surface area contributed by atoms with Crippen molar-refractivity contribution in [2.45, 2.75) is 39.7 Å². The van der Waals surface area contributed by atoms with E-state index in [4.69, 9.17) is 5.11 Å². The third-order valence-corrected chi connectivity index (χ3v) is 3.02. The maximum absolute atomic E-state index is 9.08. The highest BCUT2D eigenvalue weighted by Gasteiger charge is 2.27. The zero-order valence-electron chi connectivity index (χ0n) is 9.16. The first-order chi connectivity index (χ1) is 6.09. The summed E-state index contributed by atoms with van der Waals surface area (Å²) in [5.41, 5.74) is 0. The third-order valence-electron chi connectivity index (χ3n) is 3.02. The number of likely N-dealkylation sites (tertiary alicyclic amines) is 1. The molecule has 13 heavy (non-hydrogen) atoms. The highest BCUT2D eigenvalue weighted by molar-refractivity contribution is 4.81. The van der Waals surface area contributed by atoms with Crippen LogP contribution in [0.5, 0.6) is 0 Å². The molecule has 0 amide bonds. The molecule has 0 aromatic rings. The SMILES string of the molecule is CC(O)CCCN1CC(C(C)C)C1. The number of aliphatic hydroxyl groups excluding tert-OH is 1. The van der Waals surface area contributed by atoms with Gasteiger partial charge in [0.05, 0.1) is 6.10 Å². The Bertz CT molecular complexity index is 139. The molecule has 0 bridgehead atoms. The van der Waals surface area contributed by atoms with Crippen LogP contribution in [0.2, 0.25) is 0 Å². The van der Waals surface area contributed by atoms with E-state index in [1.54, 1.807) is 0 Å². The van der Waals surface area contributed by atoms with Crippen molar-refractivity contribution in [2.24, 2.45) is 11.8 Å². The maximum atomic E-state index is 9.08. The molecule has 1 unspecified atom stereocenters. The van der Waals surface area contributed by atoms with Crippen molar-refractivity contribution in [2.75, 3.05) is 19.6 Å². The van der Waals surface area contributed by atoms with Crippen molar-refractivity contribution in [1.82, 2.24) is 4.90 Å². The van der Waals surface area contributed by atoms with Crippen molar-refractivity contribution < 1.29 is 5.11 Å². The molecule has 1 saturated heterocycles. The molecule has 0 radical (unpaired) electrons. The highest BCUT2D eigenvalue weighted by atomic mass is 16.3. The lowest BCUT2D eigenvalue weighted by atomic mass is 9.88. The summed E-state index contributed by atoms with van der Waals surface area (Å²) in [6, 6.07) is 0. The van der Waals surface area contributed by atoms with E-state index in [1.807, 2.05) is 6.92 Å². The second kappa shape index (κ2) is 4.97. The van der Waals surface area contributed by atoms with Crippen LogP contribution in [0.3, 0.4) is 0 Å². The lowest BCUT2D eigenvalue weighted by Crippen LogP contribution is -2.49. The Balaban J connectivity index is 1.96. The monoisotopic (exact) mass is 185 g/mol. The molecule has 2 heteroatoms. The summed E-state index contributed by atoms with van der Waals surface area (Å²) in [7, 11) is 0. The molecule has 1 rings (SSSR count). The van der Waals surface area contributed by atoms with E-state index in [1.165, 1.54) is 19.6 Å². The summed E-state index contributed by atoms with van der Waals surface area (Å²) in [6.07, 6.45) is 1.97. The summed E-state index contributed by atoms with van der Waals surface area (Å²) in [5.74, 6) is 1.76. The number of hydrogen-bond donors (Lipinski definition) is 1. The summed E-state index contributed by atoms with van der Waals surface area (Å²) >= 11 is 0. The van der Waals surface area contributed by atoms with E-state index in [9.17, 15) is 0 Å². The molecule has 1 atom stereocenters. The lowest BCUT2D eigenvalue weighted by Gasteiger charge is -2.41. The maximum Gasteiger partial charge on any atom is 0.0512 e. The van der Waals surface area contributed by atoms with Gasteiger partial charge in [-0.1, -0.05) is 13.8 Å². The third kappa shape index (κ3) is 3.65. The predicted molar refractivity (Wildman–Crippen MR) is 55.7 cm³/mol. The van der Waals surface area contributed by atoms with Gasteiger partial charge in [0.1, 0.15) is 0 Å². The van der Waals surface area contributed by atoms with Gasteiger partial charge in [-0.2, -0.15) is 0 Å². The molecular formula is C11H23NO. The molecular weight excluding hydrogens is 162 g/mol. The van der Waals surface area contributed by atoms with Crippen molar-refractivity contribution in [3.63, 3.8) is 0 Å². The van der Waals surface area contributed by atoms with Crippen molar-refractivity contribution in [3.8, 4) is 0 Å². The van der Waals surface area contributed by atoms with E-state index >= 15 is 0 Å². The van der Waals surface area contributed by atoms with Gasteiger partial charge in [-0.3, -0.25) is 0 Å². The lowest BCUT2D eigenvalue weighted by molar-refractivity contribution is 0.0626. The van der Waals surface area contributed by atoms with Crippen LogP contribution < -0.4 is 0 Å². The fourth-order valence-electron chi connectivity index (χ4n) is 1.82. The normalized spacial score (nSPS) is 21.9. The number of aliphatic hydroxyl groups is 1. The standard InChI is InChI=1S/C11H23NO/c1-9(2)11-7-12(8-11)6-4-5-10(3)13/h9-11,13H,4-8H2,1-3H3. The van der Waals surface area contributed by atoms with Gasteiger partial charge in [0.2, 0.25) is 0 Å². The Labute approximate surface area is 81.9 Å². The molecule has 1 aliphatic rings. The molecule has 1 N–H and O–H groups in total. The van der Waals surface area contributed by atoms with Crippen molar-refractivity contribution >= 4 is 0 Å². The molecule has 1 aliphatic heterocycles. The van der Waals surface area contributed by atoms with E-state index in [-0.39, 0.29) is 6.10 Å². The molecule has 0 spiro atoms. The molecule has 1 fully saturated rings. The second-order valence-corrected chi connectivity index (χ2v) is 4.75. The number of hydrogen-bond acceptors (Lipinski definition) is 2. The fourth-order valence-corrected chi connectivity index (χ4v) is 1.82. The van der Waals surface area contributed by atoms with Gasteiger partial charge in [-0.15, -0.1) is 0 Å². The quantitative estimate of drug-likeness (QED) is 0.705. The summed E-state index contributed by atoms with van der Waals surface area (Å²) in [6.45, 7) is 10.2. The van der Waals surface area contributed by atoms with Gasteiger partial charge >= 0.3 is 0 Å². The molecule has 0 saturated carbocycles. The molecule has 0 aromatic carbocycles. The van der Waals surface area contributed by atoms with Crippen LogP contribution >= 0.6 is 0 Å². The van der Waals surface area contributed by atoms with Gasteiger partial charge in [-0.05, 0) is 38.1 Å². The Hall–Kier alpha value is -0.0800. The Morgan fingerprint density at radius 1 is 1.31 bits per heavy atom. The molecule has 0 aliphatic carbocycles. The summed E-state index contributed by atoms with van der Waals surface area (Å²) in [4.78, 5) is 2.49. The Morgan fingerprint density at radius 3 is 2.38 bits per heavy atom. The molecule has 78 valence electrons. The highest BCUT2D eigenvalue weighted by Crippen LogP contribution is 2.23. The first kappa shape index (κ1) is 11.0. The minimum Gasteiger partial charge on any atom is -0.393 e. The van der Waals surface area contributed by atoms with Gasteiger partial charge in [-0.25, -0.2) is 0 Å². The smallest absolute Gasteiger partial charge is 0.0512 e. The predicted octanol–water partition coefficient (Wildman–Crippen LogP) is 1.74. The zero-order valence-corrected chi connectivity index (χ0v) is 9.16. The first-order valence-electron chi connectivity index (χ1n) is 5.50. The van der Waals surface area contributed by atoms with Crippen LogP contribution in [0.1, 0.15) is 33.6 Å². The van der Waals surface area contributed by atoms with E-state index in [2.05, 4.69) is 18.7 Å². The van der Waals surface area contributed by atoms with E-state index in [0.717, 1.165) is 24.7 Å². The van der Waals surface area contributed by atoms with Crippen LogP contribution in [0.4, 0.5) is 0 Å². The van der Waals surface area contributed by atoms with Crippen LogP contribution in [-0.4, -0.2) is 35.7 Å². The van der Waals surface area contributed by atoms with Gasteiger partial charge < -0.3 is 10.0 Å². The van der Waals surface area contributed by atoms with Crippen molar-refractivity contribution in [3.05, 3.63) is 0 Å². The number of nitrogens with zero attached hydrogens (tertiary/aromatic N) is 1. The van der Waals surface area contributed by atoms with E-state index in [0.29, 0.717) is 0 Å². The topological polar surface area (TPSA) is 23.5 Å². The van der Waals surface area contributed by atoms with Crippen molar-refractivity contribution in [1.29, 1.82) is 0 Å². The van der Waals surface area contributed by atoms with Gasteiger partial charge in [0.15, 0.2) is 0 Å². The molecule has 0 aromatic heterocycles. The second-order valence-electron chi connectivity index (χ2n) is 4.75. The van der Waals surface area contributed by atoms with Crippen LogP contribution in [0, 0.1) is 11.8 Å². The average Bonchev–Trinajstić information content (AvgIpc) is 1.92. The van der Waals surface area contributed by atoms with Gasteiger partial charge in [0, 0.05) is 13.1 Å². The average molecular weight is 185 g/mol.